The maximum atomic E-state index is 2.49. The highest BCUT2D eigenvalue weighted by Gasteiger charge is 2.42. The van der Waals surface area contributed by atoms with Crippen LogP contribution in [0.2, 0.25) is 0 Å². The van der Waals surface area contributed by atoms with Crippen molar-refractivity contribution in [1.82, 2.24) is 0 Å². The SMILES string of the molecule is CC1(C)c2ccccc2-c2cc3c(cc21)N(c1ccc(N(c2ccccc2)c2ccccc2)cc1)c1ccccc1C3(C)C. The van der Waals surface area contributed by atoms with Gasteiger partial charge in [0.15, 0.2) is 0 Å². The highest BCUT2D eigenvalue weighted by molar-refractivity contribution is 5.92. The normalized spacial score (nSPS) is 15.1. The third-order valence-electron chi connectivity index (χ3n) is 9.83. The van der Waals surface area contributed by atoms with Crippen LogP contribution >= 0.6 is 0 Å². The minimum Gasteiger partial charge on any atom is -0.311 e. The Hall–Kier alpha value is -5.08. The summed E-state index contributed by atoms with van der Waals surface area (Å²) in [7, 11) is 0. The molecule has 1 aliphatic heterocycles. The van der Waals surface area contributed by atoms with Crippen LogP contribution in [0.4, 0.5) is 34.1 Å². The fourth-order valence-electron chi connectivity index (χ4n) is 7.52. The first kappa shape index (κ1) is 26.5. The molecule has 0 saturated carbocycles. The molecule has 0 spiro atoms. The fourth-order valence-corrected chi connectivity index (χ4v) is 7.52. The number of rotatable bonds is 4. The number of fused-ring (bicyclic) bond motifs is 5. The van der Waals surface area contributed by atoms with E-state index in [-0.39, 0.29) is 10.8 Å². The maximum Gasteiger partial charge on any atom is 0.0506 e. The molecule has 214 valence electrons. The van der Waals surface area contributed by atoms with Gasteiger partial charge in [-0.3, -0.25) is 0 Å². The van der Waals surface area contributed by atoms with Crippen LogP contribution in [-0.2, 0) is 10.8 Å². The first-order chi connectivity index (χ1) is 21.4. The number of nitrogens with zero attached hydrogens (tertiary/aromatic N) is 2. The lowest BCUT2D eigenvalue weighted by Gasteiger charge is -2.43. The minimum absolute atomic E-state index is 0.0660. The summed E-state index contributed by atoms with van der Waals surface area (Å²) in [6.45, 7) is 9.49. The average Bonchev–Trinajstić information content (AvgIpc) is 3.28. The molecule has 2 nitrogen and oxygen atoms in total. The lowest BCUT2D eigenvalue weighted by molar-refractivity contribution is 0.627. The highest BCUT2D eigenvalue weighted by Crippen LogP contribution is 2.57. The van der Waals surface area contributed by atoms with Crippen LogP contribution < -0.4 is 9.80 Å². The number of anilines is 6. The molecule has 0 amide bonds. The van der Waals surface area contributed by atoms with E-state index >= 15 is 0 Å². The Bertz CT molecular complexity index is 1960. The van der Waals surface area contributed by atoms with Crippen molar-refractivity contribution in [2.45, 2.75) is 38.5 Å². The number of benzene rings is 6. The summed E-state index contributed by atoms with van der Waals surface area (Å²) in [6, 6.07) is 53.1. The second-order valence-electron chi connectivity index (χ2n) is 13.1. The molecule has 1 heterocycles. The summed E-state index contributed by atoms with van der Waals surface area (Å²) in [5, 5.41) is 0. The van der Waals surface area contributed by atoms with E-state index in [0.29, 0.717) is 0 Å². The average molecular weight is 569 g/mol. The van der Waals surface area contributed by atoms with Crippen LogP contribution in [0, 0.1) is 0 Å². The van der Waals surface area contributed by atoms with E-state index < -0.39 is 0 Å². The molecule has 1 aliphatic carbocycles. The topological polar surface area (TPSA) is 6.48 Å². The van der Waals surface area contributed by atoms with Crippen molar-refractivity contribution in [2.75, 3.05) is 9.80 Å². The van der Waals surface area contributed by atoms with Gasteiger partial charge in [-0.05, 0) is 100 Å². The van der Waals surface area contributed by atoms with Crippen molar-refractivity contribution in [2.24, 2.45) is 0 Å². The maximum absolute atomic E-state index is 2.49. The van der Waals surface area contributed by atoms with E-state index in [2.05, 4.69) is 183 Å². The van der Waals surface area contributed by atoms with Gasteiger partial charge in [-0.1, -0.05) is 107 Å². The van der Waals surface area contributed by atoms with Gasteiger partial charge in [0.25, 0.3) is 0 Å². The summed E-state index contributed by atoms with van der Waals surface area (Å²) >= 11 is 0. The van der Waals surface area contributed by atoms with Crippen LogP contribution in [0.5, 0.6) is 0 Å². The molecule has 6 aromatic rings. The molecule has 0 atom stereocenters. The third kappa shape index (κ3) is 3.87. The molecule has 2 aliphatic rings. The smallest absolute Gasteiger partial charge is 0.0506 e. The van der Waals surface area contributed by atoms with Gasteiger partial charge in [0, 0.05) is 33.6 Å². The molecule has 0 saturated heterocycles. The van der Waals surface area contributed by atoms with Crippen LogP contribution in [0.1, 0.15) is 49.9 Å². The van der Waals surface area contributed by atoms with E-state index in [1.54, 1.807) is 0 Å². The summed E-state index contributed by atoms with van der Waals surface area (Å²) in [5.41, 5.74) is 15.1. The van der Waals surface area contributed by atoms with Crippen molar-refractivity contribution >= 4 is 34.1 Å². The largest absolute Gasteiger partial charge is 0.311 e. The quantitative estimate of drug-likeness (QED) is 0.209. The predicted molar refractivity (Wildman–Crippen MR) is 185 cm³/mol. The first-order valence-electron chi connectivity index (χ1n) is 15.5. The lowest BCUT2D eigenvalue weighted by atomic mass is 9.72. The van der Waals surface area contributed by atoms with Crippen LogP contribution in [-0.4, -0.2) is 0 Å². The molecule has 8 rings (SSSR count). The van der Waals surface area contributed by atoms with E-state index in [9.17, 15) is 0 Å². The second-order valence-corrected chi connectivity index (χ2v) is 13.1. The standard InChI is InChI=1S/C42H36N2/c1-41(2)35-20-12-11-19-33(35)34-27-38-40(28-37(34)41)44(39-22-14-13-21-36(39)42(38,3)4)32-25-23-31(24-26-32)43(29-15-7-5-8-16-29)30-17-9-6-10-18-30/h5-28H,1-4H3. The van der Waals surface area contributed by atoms with Crippen molar-refractivity contribution in [3.05, 3.63) is 168 Å². The van der Waals surface area contributed by atoms with E-state index in [1.807, 2.05) is 0 Å². The van der Waals surface area contributed by atoms with E-state index in [4.69, 9.17) is 0 Å². The van der Waals surface area contributed by atoms with E-state index in [1.165, 1.54) is 44.8 Å². The van der Waals surface area contributed by atoms with Crippen molar-refractivity contribution in [1.29, 1.82) is 0 Å². The van der Waals surface area contributed by atoms with Crippen molar-refractivity contribution in [3.8, 4) is 11.1 Å². The molecule has 0 N–H and O–H groups in total. The van der Waals surface area contributed by atoms with Crippen molar-refractivity contribution < 1.29 is 0 Å². The number of hydrogen-bond acceptors (Lipinski definition) is 2. The predicted octanol–water partition coefficient (Wildman–Crippen LogP) is 11.6. The summed E-state index contributed by atoms with van der Waals surface area (Å²) in [5.74, 6) is 0. The minimum atomic E-state index is -0.142. The molecule has 0 aromatic heterocycles. The molecule has 2 heteroatoms. The fraction of sp³-hybridized carbons (Fsp3) is 0.143. The lowest BCUT2D eigenvalue weighted by Crippen LogP contribution is -2.31. The van der Waals surface area contributed by atoms with Crippen LogP contribution in [0.15, 0.2) is 146 Å². The van der Waals surface area contributed by atoms with Crippen LogP contribution in [0.3, 0.4) is 0 Å². The zero-order chi connectivity index (χ0) is 30.1. The van der Waals surface area contributed by atoms with Gasteiger partial charge in [-0.2, -0.15) is 0 Å². The van der Waals surface area contributed by atoms with Gasteiger partial charge in [0.05, 0.1) is 11.4 Å². The molecule has 0 fully saturated rings. The second kappa shape index (κ2) is 9.72. The Kier molecular flexibility index (Phi) is 5.86. The molecular formula is C42H36N2. The molecule has 44 heavy (non-hydrogen) atoms. The molecular weight excluding hydrogens is 532 g/mol. The summed E-state index contributed by atoms with van der Waals surface area (Å²) < 4.78 is 0. The van der Waals surface area contributed by atoms with Gasteiger partial charge >= 0.3 is 0 Å². The van der Waals surface area contributed by atoms with Gasteiger partial charge in [-0.15, -0.1) is 0 Å². The monoisotopic (exact) mass is 568 g/mol. The molecule has 0 bridgehead atoms. The molecule has 6 aromatic carbocycles. The highest BCUT2D eigenvalue weighted by atomic mass is 15.2. The van der Waals surface area contributed by atoms with Gasteiger partial charge in [0.2, 0.25) is 0 Å². The first-order valence-corrected chi connectivity index (χ1v) is 15.5. The Morgan fingerprint density at radius 2 is 0.932 bits per heavy atom. The van der Waals surface area contributed by atoms with Gasteiger partial charge < -0.3 is 9.80 Å². The Morgan fingerprint density at radius 3 is 1.59 bits per heavy atom. The van der Waals surface area contributed by atoms with Crippen LogP contribution in [0.25, 0.3) is 11.1 Å². The Morgan fingerprint density at radius 1 is 0.409 bits per heavy atom. The van der Waals surface area contributed by atoms with Gasteiger partial charge in [-0.25, -0.2) is 0 Å². The Labute approximate surface area is 260 Å². The zero-order valence-corrected chi connectivity index (χ0v) is 25.8. The number of para-hydroxylation sites is 3. The number of hydrogen-bond donors (Lipinski definition) is 0. The molecule has 0 radical (unpaired) electrons. The van der Waals surface area contributed by atoms with Gasteiger partial charge in [0.1, 0.15) is 0 Å². The zero-order valence-electron chi connectivity index (χ0n) is 25.8. The third-order valence-corrected chi connectivity index (χ3v) is 9.83. The summed E-state index contributed by atoms with van der Waals surface area (Å²) in [4.78, 5) is 4.80. The Balaban J connectivity index is 1.30. The van der Waals surface area contributed by atoms with Crippen molar-refractivity contribution in [3.63, 3.8) is 0 Å². The van der Waals surface area contributed by atoms with E-state index in [0.717, 1.165) is 22.7 Å². The molecule has 0 unspecified atom stereocenters. The summed E-state index contributed by atoms with van der Waals surface area (Å²) in [6.07, 6.45) is 0.